The Morgan fingerprint density at radius 2 is 1.86 bits per heavy atom. The molecule has 0 amide bonds. The molecule has 0 N–H and O–H groups in total. The van der Waals surface area contributed by atoms with Crippen molar-refractivity contribution in [1.82, 2.24) is 4.98 Å². The second-order valence-electron chi connectivity index (χ2n) is 4.43. The van der Waals surface area contributed by atoms with Crippen LogP contribution in [-0.4, -0.2) is 9.91 Å². The number of hydrogen-bond acceptors (Lipinski definition) is 6. The molecule has 1 heterocycles. The number of hydrogen-bond donors (Lipinski definition) is 0. The molecule has 22 heavy (non-hydrogen) atoms. The van der Waals surface area contributed by atoms with Crippen LogP contribution in [0.1, 0.15) is 5.89 Å². The zero-order chi connectivity index (χ0) is 15.5. The summed E-state index contributed by atoms with van der Waals surface area (Å²) in [4.78, 5) is 26.3. The highest BCUT2D eigenvalue weighted by molar-refractivity contribution is 5.76. The van der Waals surface area contributed by atoms with E-state index in [1.165, 1.54) is 12.1 Å². The van der Waals surface area contributed by atoms with E-state index < -0.39 is 10.5 Å². The Labute approximate surface area is 123 Å². The molecule has 0 aliphatic heterocycles. The van der Waals surface area contributed by atoms with Crippen molar-refractivity contribution in [3.63, 3.8) is 0 Å². The van der Waals surface area contributed by atoms with Crippen LogP contribution in [0.15, 0.2) is 57.7 Å². The van der Waals surface area contributed by atoms with Crippen LogP contribution in [-0.2, 0) is 6.61 Å². The van der Waals surface area contributed by atoms with Crippen molar-refractivity contribution in [3.8, 4) is 5.75 Å². The Bertz CT molecular complexity index is 904. The second-order valence-corrected chi connectivity index (χ2v) is 4.43. The molecule has 0 fully saturated rings. The maximum Gasteiger partial charge on any atom is 0.346 e. The molecule has 0 saturated heterocycles. The lowest BCUT2D eigenvalue weighted by Gasteiger charge is -2.05. The molecule has 1 aromatic heterocycles. The topological polar surface area (TPSA) is 95.5 Å². The number of nitro groups is 1. The van der Waals surface area contributed by atoms with Crippen molar-refractivity contribution in [2.75, 3.05) is 0 Å². The van der Waals surface area contributed by atoms with Gasteiger partial charge in [0.2, 0.25) is 5.89 Å². The smallest absolute Gasteiger partial charge is 0.346 e. The summed E-state index contributed by atoms with van der Waals surface area (Å²) in [7, 11) is 0. The number of aromatic nitrogens is 1. The lowest BCUT2D eigenvalue weighted by Crippen LogP contribution is -2.08. The minimum absolute atomic E-state index is 0.0573. The third-order valence-corrected chi connectivity index (χ3v) is 2.99. The number of rotatable bonds is 4. The highest BCUT2D eigenvalue weighted by Gasteiger charge is 2.15. The first-order chi connectivity index (χ1) is 10.6. The molecular formula is C15H10N2O5. The number of nitrogens with zero attached hydrogens (tertiary/aromatic N) is 2. The van der Waals surface area contributed by atoms with Crippen LogP contribution in [0.4, 0.5) is 5.69 Å². The fraction of sp³-hybridized carbons (Fsp3) is 0.0667. The Balaban J connectivity index is 1.89. The normalized spacial score (nSPS) is 10.5. The maximum atomic E-state index is 11.8. The van der Waals surface area contributed by atoms with E-state index in [4.69, 9.17) is 9.15 Å². The highest BCUT2D eigenvalue weighted by Crippen LogP contribution is 2.26. The summed E-state index contributed by atoms with van der Waals surface area (Å²) in [5, 5.41) is 11.3. The molecule has 3 rings (SSSR count). The van der Waals surface area contributed by atoms with Gasteiger partial charge in [0.15, 0.2) is 12.4 Å². The van der Waals surface area contributed by atoms with Crippen LogP contribution in [0.25, 0.3) is 10.9 Å². The van der Waals surface area contributed by atoms with Crippen LogP contribution >= 0.6 is 0 Å². The van der Waals surface area contributed by atoms with Gasteiger partial charge in [-0.15, -0.1) is 0 Å². The van der Waals surface area contributed by atoms with Gasteiger partial charge in [0.1, 0.15) is 0 Å². The molecule has 0 aliphatic rings. The van der Waals surface area contributed by atoms with E-state index in [2.05, 4.69) is 4.98 Å². The number of ether oxygens (including phenoxy) is 1. The van der Waals surface area contributed by atoms with Gasteiger partial charge < -0.3 is 9.15 Å². The SMILES string of the molecule is O=c1oc(COc2ccccc2[N+](=O)[O-])nc2ccccc12. The van der Waals surface area contributed by atoms with Gasteiger partial charge in [0, 0.05) is 6.07 Å². The van der Waals surface area contributed by atoms with Gasteiger partial charge in [-0.2, -0.15) is 0 Å². The molecule has 7 nitrogen and oxygen atoms in total. The fourth-order valence-electron chi connectivity index (χ4n) is 1.99. The Hall–Kier alpha value is -3.22. The summed E-state index contributed by atoms with van der Waals surface area (Å²) in [6.07, 6.45) is 0. The zero-order valence-electron chi connectivity index (χ0n) is 11.3. The van der Waals surface area contributed by atoms with Gasteiger partial charge in [0.05, 0.1) is 15.8 Å². The van der Waals surface area contributed by atoms with Crippen LogP contribution in [0.3, 0.4) is 0 Å². The standard InChI is InChI=1S/C15H10N2O5/c18-15-10-5-1-2-6-11(10)16-14(22-15)9-21-13-8-4-3-7-12(13)17(19)20/h1-8H,9H2. The predicted octanol–water partition coefficient (Wildman–Crippen LogP) is 2.68. The first-order valence-electron chi connectivity index (χ1n) is 6.40. The molecule has 0 atom stereocenters. The third kappa shape index (κ3) is 2.64. The molecule has 3 aromatic rings. The Kier molecular flexibility index (Phi) is 3.53. The summed E-state index contributed by atoms with van der Waals surface area (Å²) < 4.78 is 10.4. The number of fused-ring (bicyclic) bond motifs is 1. The van der Waals surface area contributed by atoms with Crippen molar-refractivity contribution >= 4 is 16.6 Å². The molecular weight excluding hydrogens is 288 g/mol. The van der Waals surface area contributed by atoms with E-state index in [0.29, 0.717) is 10.9 Å². The summed E-state index contributed by atoms with van der Waals surface area (Å²) in [6.45, 7) is -0.176. The van der Waals surface area contributed by atoms with Crippen molar-refractivity contribution in [2.45, 2.75) is 6.61 Å². The monoisotopic (exact) mass is 298 g/mol. The van der Waals surface area contributed by atoms with Crippen LogP contribution in [0.5, 0.6) is 5.75 Å². The van der Waals surface area contributed by atoms with E-state index >= 15 is 0 Å². The van der Waals surface area contributed by atoms with Crippen molar-refractivity contribution < 1.29 is 14.1 Å². The fourth-order valence-corrected chi connectivity index (χ4v) is 1.99. The van der Waals surface area contributed by atoms with Gasteiger partial charge in [-0.05, 0) is 18.2 Å². The summed E-state index contributed by atoms with van der Waals surface area (Å²) >= 11 is 0. The van der Waals surface area contributed by atoms with E-state index in [1.807, 2.05) is 0 Å². The van der Waals surface area contributed by atoms with E-state index in [-0.39, 0.29) is 23.9 Å². The van der Waals surface area contributed by atoms with E-state index in [0.717, 1.165) is 0 Å². The average molecular weight is 298 g/mol. The molecule has 0 spiro atoms. The van der Waals surface area contributed by atoms with Crippen molar-refractivity contribution in [3.05, 3.63) is 75.0 Å². The molecule has 0 aliphatic carbocycles. The first kappa shape index (κ1) is 13.7. The third-order valence-electron chi connectivity index (χ3n) is 2.99. The molecule has 0 radical (unpaired) electrons. The second kappa shape index (κ2) is 5.65. The van der Waals surface area contributed by atoms with Crippen LogP contribution < -0.4 is 10.4 Å². The summed E-state index contributed by atoms with van der Waals surface area (Å²) in [6, 6.07) is 12.7. The minimum atomic E-state index is -0.542. The summed E-state index contributed by atoms with van der Waals surface area (Å²) in [5.74, 6) is 0.145. The quantitative estimate of drug-likeness (QED) is 0.542. The molecule has 110 valence electrons. The number of para-hydroxylation sites is 3. The van der Waals surface area contributed by atoms with Crippen LogP contribution in [0, 0.1) is 10.1 Å². The first-order valence-corrected chi connectivity index (χ1v) is 6.40. The van der Waals surface area contributed by atoms with Crippen molar-refractivity contribution in [1.29, 1.82) is 0 Å². The largest absolute Gasteiger partial charge is 0.477 e. The maximum absolute atomic E-state index is 11.8. The molecule has 2 aromatic carbocycles. The van der Waals surface area contributed by atoms with Gasteiger partial charge in [0.25, 0.3) is 0 Å². The van der Waals surface area contributed by atoms with Crippen LogP contribution in [0.2, 0.25) is 0 Å². The van der Waals surface area contributed by atoms with Crippen molar-refractivity contribution in [2.24, 2.45) is 0 Å². The molecule has 7 heteroatoms. The Morgan fingerprint density at radius 3 is 2.68 bits per heavy atom. The average Bonchev–Trinajstić information content (AvgIpc) is 2.53. The Morgan fingerprint density at radius 1 is 1.14 bits per heavy atom. The van der Waals surface area contributed by atoms with E-state index in [1.54, 1.807) is 36.4 Å². The minimum Gasteiger partial charge on any atom is -0.477 e. The predicted molar refractivity (Wildman–Crippen MR) is 77.7 cm³/mol. The molecule has 0 unspecified atom stereocenters. The van der Waals surface area contributed by atoms with E-state index in [9.17, 15) is 14.9 Å². The highest BCUT2D eigenvalue weighted by atomic mass is 16.6. The summed E-state index contributed by atoms with van der Waals surface area (Å²) in [5.41, 5.74) is -0.197. The van der Waals surface area contributed by atoms with Gasteiger partial charge >= 0.3 is 11.3 Å². The lowest BCUT2D eigenvalue weighted by atomic mass is 10.2. The lowest BCUT2D eigenvalue weighted by molar-refractivity contribution is -0.386. The van der Waals surface area contributed by atoms with Gasteiger partial charge in [-0.25, -0.2) is 9.78 Å². The zero-order valence-corrected chi connectivity index (χ0v) is 11.3. The molecule has 0 saturated carbocycles. The van der Waals surface area contributed by atoms with Gasteiger partial charge in [-0.3, -0.25) is 10.1 Å². The number of nitro benzene ring substituents is 1. The van der Waals surface area contributed by atoms with Gasteiger partial charge in [-0.1, -0.05) is 24.3 Å². The molecule has 0 bridgehead atoms. The number of benzene rings is 2.